The van der Waals surface area contributed by atoms with Gasteiger partial charge in [-0.25, -0.2) is 0 Å². The summed E-state index contributed by atoms with van der Waals surface area (Å²) >= 11 is 1.86. The molecule has 2 atom stereocenters. The van der Waals surface area contributed by atoms with Gasteiger partial charge in [0.25, 0.3) is 0 Å². The molecule has 0 spiro atoms. The van der Waals surface area contributed by atoms with E-state index in [9.17, 15) is 0 Å². The lowest BCUT2D eigenvalue weighted by atomic mass is 9.81. The van der Waals surface area contributed by atoms with Crippen molar-refractivity contribution in [3.05, 3.63) is 210 Å². The summed E-state index contributed by atoms with van der Waals surface area (Å²) in [6.45, 7) is 8.99. The minimum Gasteiger partial charge on any atom is -0.456 e. The van der Waals surface area contributed by atoms with Crippen molar-refractivity contribution in [2.24, 2.45) is 10.9 Å². The van der Waals surface area contributed by atoms with Crippen LogP contribution in [-0.4, -0.2) is 5.71 Å². The van der Waals surface area contributed by atoms with E-state index < -0.39 is 0 Å². The van der Waals surface area contributed by atoms with Gasteiger partial charge in [0.15, 0.2) is 0 Å². The summed E-state index contributed by atoms with van der Waals surface area (Å²) in [7, 11) is 0. The predicted molar refractivity (Wildman–Crippen MR) is 267 cm³/mol. The molecule has 10 rings (SSSR count). The van der Waals surface area contributed by atoms with Crippen LogP contribution < -0.4 is 0 Å². The molecule has 10 aromatic rings. The van der Waals surface area contributed by atoms with Gasteiger partial charge < -0.3 is 4.42 Å². The third kappa shape index (κ3) is 7.48. The van der Waals surface area contributed by atoms with Crippen LogP contribution in [0.3, 0.4) is 0 Å². The van der Waals surface area contributed by atoms with Crippen LogP contribution in [0.4, 0.5) is 0 Å². The SMILES string of the molecule is CCC(CC(=C(C)C)c1ccccc1)C(N=C(C)c1ccc(-c2ccccc2)cc1)c1cccc2oc3cc(-c4cccc5sc6cc(-c7ccccc7)ccc6c45)ccc3c12. The molecule has 3 heteroatoms. The number of rotatable bonds is 11. The van der Waals surface area contributed by atoms with Crippen LogP contribution >= 0.6 is 11.3 Å². The summed E-state index contributed by atoms with van der Waals surface area (Å²) in [6.07, 6.45) is 1.89. The van der Waals surface area contributed by atoms with Gasteiger partial charge in [-0.3, -0.25) is 4.99 Å². The summed E-state index contributed by atoms with van der Waals surface area (Å²) in [5.74, 6) is 0.236. The fourth-order valence-electron chi connectivity index (χ4n) is 9.38. The molecule has 0 amide bonds. The molecular formula is C59H49NOS. The smallest absolute Gasteiger partial charge is 0.136 e. The maximum absolute atomic E-state index is 6.84. The Morgan fingerprint density at radius 3 is 1.85 bits per heavy atom. The topological polar surface area (TPSA) is 25.5 Å². The Hall–Kier alpha value is -6.81. The number of hydrogen-bond donors (Lipinski definition) is 0. The van der Waals surface area contributed by atoms with E-state index in [4.69, 9.17) is 9.41 Å². The van der Waals surface area contributed by atoms with Gasteiger partial charge in [-0.2, -0.15) is 0 Å². The van der Waals surface area contributed by atoms with Crippen molar-refractivity contribution in [2.45, 2.75) is 46.6 Å². The quantitative estimate of drug-likeness (QED) is 0.119. The lowest BCUT2D eigenvalue weighted by molar-refractivity contribution is 0.431. The van der Waals surface area contributed by atoms with Crippen LogP contribution in [0.25, 0.3) is 81.1 Å². The van der Waals surface area contributed by atoms with Crippen LogP contribution in [-0.2, 0) is 0 Å². The van der Waals surface area contributed by atoms with Crippen molar-refractivity contribution in [2.75, 3.05) is 0 Å². The molecule has 0 aliphatic heterocycles. The van der Waals surface area contributed by atoms with Crippen LogP contribution in [0.15, 0.2) is 203 Å². The summed E-state index contributed by atoms with van der Waals surface area (Å²) in [6, 6.07) is 67.9. The van der Waals surface area contributed by atoms with Crippen molar-refractivity contribution in [3.63, 3.8) is 0 Å². The highest BCUT2D eigenvalue weighted by atomic mass is 32.1. The van der Waals surface area contributed by atoms with Gasteiger partial charge in [-0.1, -0.05) is 177 Å². The monoisotopic (exact) mass is 819 g/mol. The molecule has 0 aliphatic carbocycles. The van der Waals surface area contributed by atoms with Crippen molar-refractivity contribution in [3.8, 4) is 33.4 Å². The molecule has 0 radical (unpaired) electrons. The molecular weight excluding hydrogens is 771 g/mol. The Bertz CT molecular complexity index is 3260. The summed E-state index contributed by atoms with van der Waals surface area (Å²) < 4.78 is 9.43. The number of furan rings is 1. The van der Waals surface area contributed by atoms with E-state index >= 15 is 0 Å². The van der Waals surface area contributed by atoms with E-state index in [1.54, 1.807) is 0 Å². The van der Waals surface area contributed by atoms with Gasteiger partial charge in [0.05, 0.1) is 6.04 Å². The van der Waals surface area contributed by atoms with Crippen LogP contribution in [0.5, 0.6) is 0 Å². The molecule has 0 aliphatic rings. The first-order valence-electron chi connectivity index (χ1n) is 21.8. The van der Waals surface area contributed by atoms with E-state index in [-0.39, 0.29) is 12.0 Å². The lowest BCUT2D eigenvalue weighted by Crippen LogP contribution is -2.14. The number of hydrogen-bond acceptors (Lipinski definition) is 3. The van der Waals surface area contributed by atoms with E-state index in [0.29, 0.717) is 0 Å². The van der Waals surface area contributed by atoms with Crippen molar-refractivity contribution < 1.29 is 4.42 Å². The van der Waals surface area contributed by atoms with Crippen LogP contribution in [0.2, 0.25) is 0 Å². The maximum atomic E-state index is 6.84. The van der Waals surface area contributed by atoms with Gasteiger partial charge in [-0.15, -0.1) is 11.3 Å². The van der Waals surface area contributed by atoms with Crippen molar-refractivity contribution in [1.29, 1.82) is 0 Å². The molecule has 2 heterocycles. The molecule has 0 saturated carbocycles. The largest absolute Gasteiger partial charge is 0.456 e. The summed E-state index contributed by atoms with van der Waals surface area (Å²) in [5, 5.41) is 4.86. The third-order valence-electron chi connectivity index (χ3n) is 12.7. The third-order valence-corrected chi connectivity index (χ3v) is 13.8. The minimum atomic E-state index is -0.109. The van der Waals surface area contributed by atoms with Crippen molar-refractivity contribution >= 4 is 64.7 Å². The number of nitrogens with zero attached hydrogens (tertiary/aromatic N) is 1. The van der Waals surface area contributed by atoms with Crippen LogP contribution in [0.1, 0.15) is 63.3 Å². The average molecular weight is 820 g/mol. The highest BCUT2D eigenvalue weighted by Crippen LogP contribution is 2.45. The molecule has 0 N–H and O–H groups in total. The second kappa shape index (κ2) is 16.9. The standard InChI is InChI=1S/C59H49NOS/c1-5-40(35-52(38(2)3)45-21-13-8-14-22-45)59(60-39(4)41-27-29-44(30-28-41)42-17-9-6-10-18-42)51-24-15-25-53-57(51)49-33-32-47(36-54(49)61-53)48-23-16-26-55-58(48)50-34-31-46(37-56(50)62-55)43-19-11-7-12-20-43/h6-34,36-37,40,59H,5,35H2,1-4H3. The summed E-state index contributed by atoms with van der Waals surface area (Å²) in [4.78, 5) is 5.73. The molecule has 302 valence electrons. The zero-order valence-corrected chi connectivity index (χ0v) is 36.5. The minimum absolute atomic E-state index is 0.109. The van der Waals surface area contributed by atoms with E-state index in [1.165, 1.54) is 70.3 Å². The highest BCUT2D eigenvalue weighted by molar-refractivity contribution is 7.26. The number of thiophene rings is 1. The molecule has 0 fully saturated rings. The summed E-state index contributed by atoms with van der Waals surface area (Å²) in [5.41, 5.74) is 16.5. The Labute approximate surface area is 368 Å². The molecule has 62 heavy (non-hydrogen) atoms. The van der Waals surface area contributed by atoms with Gasteiger partial charge in [0.2, 0.25) is 0 Å². The zero-order valence-electron chi connectivity index (χ0n) is 35.7. The van der Waals surface area contributed by atoms with E-state index in [0.717, 1.165) is 51.6 Å². The van der Waals surface area contributed by atoms with Gasteiger partial charge >= 0.3 is 0 Å². The molecule has 2 nitrogen and oxygen atoms in total. The first-order chi connectivity index (χ1) is 30.4. The van der Waals surface area contributed by atoms with E-state index in [1.807, 2.05) is 11.3 Å². The Morgan fingerprint density at radius 1 is 0.516 bits per heavy atom. The van der Waals surface area contributed by atoms with Gasteiger partial charge in [0, 0.05) is 36.7 Å². The number of fused-ring (bicyclic) bond motifs is 6. The normalized spacial score (nSPS) is 12.9. The van der Waals surface area contributed by atoms with E-state index in [2.05, 4.69) is 216 Å². The average Bonchev–Trinajstić information content (AvgIpc) is 3.90. The maximum Gasteiger partial charge on any atom is 0.136 e. The Balaban J connectivity index is 1.08. The second-order valence-corrected chi connectivity index (χ2v) is 17.8. The Kier molecular flexibility index (Phi) is 10.7. The first kappa shape index (κ1) is 39.3. The zero-order chi connectivity index (χ0) is 42.2. The van der Waals surface area contributed by atoms with Gasteiger partial charge in [0.1, 0.15) is 11.2 Å². The lowest BCUT2D eigenvalue weighted by Gasteiger charge is -2.27. The fourth-order valence-corrected chi connectivity index (χ4v) is 10.6. The second-order valence-electron chi connectivity index (χ2n) is 16.7. The highest BCUT2D eigenvalue weighted by Gasteiger charge is 2.27. The fraction of sp³-hybridized carbons (Fsp3) is 0.136. The molecule has 2 unspecified atom stereocenters. The number of aliphatic imine (C=N–C) groups is 1. The first-order valence-corrected chi connectivity index (χ1v) is 22.6. The number of allylic oxidation sites excluding steroid dienone is 2. The molecule has 0 bridgehead atoms. The molecule has 2 aromatic heterocycles. The number of benzene rings is 8. The predicted octanol–water partition coefficient (Wildman–Crippen LogP) is 17.4. The Morgan fingerprint density at radius 2 is 1.15 bits per heavy atom. The van der Waals surface area contributed by atoms with Crippen molar-refractivity contribution in [1.82, 2.24) is 0 Å². The molecule has 0 saturated heterocycles. The van der Waals surface area contributed by atoms with Gasteiger partial charge in [-0.05, 0) is 119 Å². The molecule has 8 aromatic carbocycles. The van der Waals surface area contributed by atoms with Crippen LogP contribution in [0, 0.1) is 5.92 Å².